The summed E-state index contributed by atoms with van der Waals surface area (Å²) in [6, 6.07) is 10.1. The highest BCUT2D eigenvalue weighted by Gasteiger charge is 2.28. The number of benzene rings is 2. The van der Waals surface area contributed by atoms with Crippen LogP contribution in [-0.4, -0.2) is 56.2 Å². The van der Waals surface area contributed by atoms with Gasteiger partial charge in [0.25, 0.3) is 5.91 Å². The Morgan fingerprint density at radius 2 is 1.65 bits per heavy atom. The average Bonchev–Trinajstić information content (AvgIpc) is 2.82. The van der Waals surface area contributed by atoms with Gasteiger partial charge < -0.3 is 29.5 Å². The highest BCUT2D eigenvalue weighted by molar-refractivity contribution is 5.95. The Kier molecular flexibility index (Phi) is 7.23. The van der Waals surface area contributed by atoms with E-state index in [2.05, 4.69) is 5.32 Å². The largest absolute Gasteiger partial charge is 0.504 e. The molecule has 0 aliphatic carbocycles. The summed E-state index contributed by atoms with van der Waals surface area (Å²) in [5.74, 6) is 1.25. The number of phenolic OH excluding ortho intramolecular Hbond substituents is 1. The molecule has 1 fully saturated rings. The van der Waals surface area contributed by atoms with Crippen molar-refractivity contribution in [1.82, 2.24) is 10.2 Å². The molecule has 31 heavy (non-hydrogen) atoms. The molecule has 8 nitrogen and oxygen atoms in total. The third-order valence-corrected chi connectivity index (χ3v) is 5.46. The van der Waals surface area contributed by atoms with Crippen molar-refractivity contribution >= 4 is 11.8 Å². The lowest BCUT2D eigenvalue weighted by molar-refractivity contribution is -0.126. The Bertz CT molecular complexity index is 915. The summed E-state index contributed by atoms with van der Waals surface area (Å²) in [7, 11) is 4.57. The third kappa shape index (κ3) is 5.39. The van der Waals surface area contributed by atoms with E-state index < -0.39 is 0 Å². The van der Waals surface area contributed by atoms with Crippen molar-refractivity contribution in [3.8, 4) is 23.0 Å². The fourth-order valence-electron chi connectivity index (χ4n) is 3.62. The number of piperidine rings is 1. The molecule has 1 aliphatic rings. The van der Waals surface area contributed by atoms with Gasteiger partial charge in [-0.25, -0.2) is 0 Å². The van der Waals surface area contributed by atoms with Crippen molar-refractivity contribution < 1.29 is 28.9 Å². The van der Waals surface area contributed by atoms with E-state index in [1.165, 1.54) is 13.2 Å². The Morgan fingerprint density at radius 3 is 2.23 bits per heavy atom. The molecule has 0 saturated carbocycles. The fourth-order valence-corrected chi connectivity index (χ4v) is 3.62. The number of hydrogen-bond donors (Lipinski definition) is 2. The summed E-state index contributed by atoms with van der Waals surface area (Å²) in [4.78, 5) is 27.2. The van der Waals surface area contributed by atoms with Gasteiger partial charge >= 0.3 is 0 Å². The van der Waals surface area contributed by atoms with E-state index in [1.54, 1.807) is 49.5 Å². The molecule has 0 unspecified atom stereocenters. The molecule has 0 atom stereocenters. The van der Waals surface area contributed by atoms with E-state index in [-0.39, 0.29) is 23.5 Å². The second kappa shape index (κ2) is 10.1. The van der Waals surface area contributed by atoms with E-state index in [0.717, 1.165) is 5.56 Å². The van der Waals surface area contributed by atoms with E-state index in [1.807, 2.05) is 0 Å². The maximum absolute atomic E-state index is 12.9. The van der Waals surface area contributed by atoms with Crippen LogP contribution in [0.1, 0.15) is 28.8 Å². The van der Waals surface area contributed by atoms with Crippen molar-refractivity contribution in [2.45, 2.75) is 19.4 Å². The van der Waals surface area contributed by atoms with Crippen molar-refractivity contribution in [2.75, 3.05) is 34.4 Å². The van der Waals surface area contributed by atoms with Crippen LogP contribution in [0.25, 0.3) is 0 Å². The van der Waals surface area contributed by atoms with Gasteiger partial charge in [0.1, 0.15) is 11.5 Å². The number of methoxy groups -OCH3 is 3. The van der Waals surface area contributed by atoms with Crippen LogP contribution in [-0.2, 0) is 11.3 Å². The number of carbonyl (C=O) groups excluding carboxylic acids is 2. The van der Waals surface area contributed by atoms with E-state index in [0.29, 0.717) is 55.3 Å². The quantitative estimate of drug-likeness (QED) is 0.704. The highest BCUT2D eigenvalue weighted by atomic mass is 16.5. The number of hydrogen-bond acceptors (Lipinski definition) is 6. The van der Waals surface area contributed by atoms with E-state index >= 15 is 0 Å². The molecule has 0 bridgehead atoms. The number of nitrogens with zero attached hydrogens (tertiary/aromatic N) is 1. The summed E-state index contributed by atoms with van der Waals surface area (Å²) < 4.78 is 15.6. The second-order valence-electron chi connectivity index (χ2n) is 7.39. The van der Waals surface area contributed by atoms with Crippen LogP contribution in [0.2, 0.25) is 0 Å². The number of likely N-dealkylation sites (tertiary alicyclic amines) is 1. The minimum Gasteiger partial charge on any atom is -0.504 e. The van der Waals surface area contributed by atoms with Crippen LogP contribution in [0, 0.1) is 5.92 Å². The maximum atomic E-state index is 12.9. The SMILES string of the molecule is COc1cc(OC)cc(C(=O)N2CCC(C(=O)NCc3ccc(O)c(OC)c3)CC2)c1. The van der Waals surface area contributed by atoms with Gasteiger partial charge in [0.05, 0.1) is 21.3 Å². The molecule has 2 aromatic rings. The number of carbonyl (C=O) groups is 2. The zero-order valence-electron chi connectivity index (χ0n) is 18.0. The van der Waals surface area contributed by atoms with Gasteiger partial charge in [0.15, 0.2) is 11.5 Å². The Balaban J connectivity index is 1.54. The van der Waals surface area contributed by atoms with Crippen LogP contribution in [0.15, 0.2) is 36.4 Å². The first-order chi connectivity index (χ1) is 14.9. The molecule has 2 amide bonds. The molecule has 8 heteroatoms. The molecule has 1 aliphatic heterocycles. The Labute approximate surface area is 181 Å². The van der Waals surface area contributed by atoms with E-state index in [9.17, 15) is 14.7 Å². The lowest BCUT2D eigenvalue weighted by atomic mass is 9.95. The van der Waals surface area contributed by atoms with Crippen molar-refractivity contribution in [1.29, 1.82) is 0 Å². The van der Waals surface area contributed by atoms with Gasteiger partial charge in [-0.05, 0) is 42.7 Å². The molecule has 0 radical (unpaired) electrons. The average molecular weight is 428 g/mol. The predicted octanol–water partition coefficient (Wildman–Crippen LogP) is 2.59. The fraction of sp³-hybridized carbons (Fsp3) is 0.391. The molecular weight excluding hydrogens is 400 g/mol. The molecule has 2 aromatic carbocycles. The summed E-state index contributed by atoms with van der Waals surface area (Å²) in [5, 5.41) is 12.6. The first-order valence-electron chi connectivity index (χ1n) is 10.1. The third-order valence-electron chi connectivity index (χ3n) is 5.46. The van der Waals surface area contributed by atoms with Crippen molar-refractivity contribution in [3.63, 3.8) is 0 Å². The molecule has 3 rings (SSSR count). The van der Waals surface area contributed by atoms with Crippen LogP contribution < -0.4 is 19.5 Å². The number of phenols is 1. The lowest BCUT2D eigenvalue weighted by Gasteiger charge is -2.31. The summed E-state index contributed by atoms with van der Waals surface area (Å²) in [5.41, 5.74) is 1.34. The standard InChI is InChI=1S/C23H28N2O6/c1-29-18-11-17(12-19(13-18)30-2)23(28)25-8-6-16(7-9-25)22(27)24-14-15-4-5-20(26)21(10-15)31-3/h4-5,10-13,16,26H,6-9,14H2,1-3H3,(H,24,27). The Morgan fingerprint density at radius 1 is 1.00 bits per heavy atom. The monoisotopic (exact) mass is 428 g/mol. The van der Waals surface area contributed by atoms with Gasteiger partial charge in [-0.1, -0.05) is 6.07 Å². The van der Waals surface area contributed by atoms with Crippen molar-refractivity contribution in [3.05, 3.63) is 47.5 Å². The first-order valence-corrected chi connectivity index (χ1v) is 10.1. The zero-order chi connectivity index (χ0) is 22.4. The molecule has 1 heterocycles. The Hall–Kier alpha value is -3.42. The normalized spacial score (nSPS) is 14.1. The molecule has 1 saturated heterocycles. The maximum Gasteiger partial charge on any atom is 0.254 e. The van der Waals surface area contributed by atoms with E-state index in [4.69, 9.17) is 14.2 Å². The van der Waals surface area contributed by atoms with Crippen LogP contribution in [0.3, 0.4) is 0 Å². The van der Waals surface area contributed by atoms with Gasteiger partial charge in [0.2, 0.25) is 5.91 Å². The smallest absolute Gasteiger partial charge is 0.254 e. The lowest BCUT2D eigenvalue weighted by Crippen LogP contribution is -2.42. The highest BCUT2D eigenvalue weighted by Crippen LogP contribution is 2.27. The predicted molar refractivity (Wildman–Crippen MR) is 115 cm³/mol. The number of amides is 2. The first kappa shape index (κ1) is 22.3. The number of aromatic hydroxyl groups is 1. The topological polar surface area (TPSA) is 97.3 Å². The second-order valence-corrected chi connectivity index (χ2v) is 7.39. The van der Waals surface area contributed by atoms with Gasteiger partial charge in [-0.15, -0.1) is 0 Å². The zero-order valence-corrected chi connectivity index (χ0v) is 18.0. The van der Waals surface area contributed by atoms with Crippen LogP contribution in [0.4, 0.5) is 0 Å². The van der Waals surface area contributed by atoms with Gasteiger partial charge in [-0.3, -0.25) is 9.59 Å². The number of nitrogens with one attached hydrogen (secondary N) is 1. The van der Waals surface area contributed by atoms with Gasteiger partial charge in [0, 0.05) is 37.2 Å². The minimum absolute atomic E-state index is 0.0396. The summed E-state index contributed by atoms with van der Waals surface area (Å²) >= 11 is 0. The minimum atomic E-state index is -0.150. The summed E-state index contributed by atoms with van der Waals surface area (Å²) in [6.07, 6.45) is 1.19. The number of ether oxygens (including phenoxy) is 3. The molecule has 2 N–H and O–H groups in total. The van der Waals surface area contributed by atoms with Gasteiger partial charge in [-0.2, -0.15) is 0 Å². The number of rotatable bonds is 7. The molecule has 166 valence electrons. The van der Waals surface area contributed by atoms with Crippen LogP contribution >= 0.6 is 0 Å². The molecule has 0 aromatic heterocycles. The molecular formula is C23H28N2O6. The summed E-state index contributed by atoms with van der Waals surface area (Å²) in [6.45, 7) is 1.35. The van der Waals surface area contributed by atoms with Crippen molar-refractivity contribution in [2.24, 2.45) is 5.92 Å². The van der Waals surface area contributed by atoms with Crippen LogP contribution in [0.5, 0.6) is 23.0 Å². The molecule has 0 spiro atoms.